The van der Waals surface area contributed by atoms with E-state index in [0.29, 0.717) is 10.6 Å². The highest BCUT2D eigenvalue weighted by molar-refractivity contribution is 6.30. The fraction of sp³-hybridized carbons (Fsp3) is 0.167. The Morgan fingerprint density at radius 2 is 1.81 bits per heavy atom. The van der Waals surface area contributed by atoms with E-state index in [4.69, 9.17) is 11.6 Å². The van der Waals surface area contributed by atoms with Crippen LogP contribution in [0, 0.1) is 0 Å². The summed E-state index contributed by atoms with van der Waals surface area (Å²) in [6.07, 6.45) is 1.21. The van der Waals surface area contributed by atoms with Crippen molar-refractivity contribution in [2.75, 3.05) is 5.32 Å². The second-order valence-corrected chi connectivity index (χ2v) is 6.53. The molecule has 1 aliphatic heterocycles. The van der Waals surface area contributed by atoms with Crippen LogP contribution in [0.3, 0.4) is 0 Å². The molecular weight excluding hydrogens is 356 g/mol. The van der Waals surface area contributed by atoms with E-state index in [1.165, 1.54) is 6.33 Å². The summed E-state index contributed by atoms with van der Waals surface area (Å²) in [5.41, 5.74) is -0.869. The topological polar surface area (TPSA) is 100 Å². The van der Waals surface area contributed by atoms with Crippen LogP contribution in [0.4, 0.5) is 5.95 Å². The van der Waals surface area contributed by atoms with E-state index in [0.717, 1.165) is 10.2 Å². The molecule has 0 saturated carbocycles. The van der Waals surface area contributed by atoms with Crippen molar-refractivity contribution in [3.8, 4) is 0 Å². The van der Waals surface area contributed by atoms with E-state index < -0.39 is 23.7 Å². The standard InChI is InChI=1S/C18H15ClN4O3/c19-13-8-6-12(7-9-13)15-14(11-4-2-1-3-5-11)18(26,16(24)25)23-17(22-15)20-10-21-23/h1-10,14-15,26H,(H,24,25)(H,20,21,22)/t14-,15-,18+/m0/s1. The van der Waals surface area contributed by atoms with Crippen molar-refractivity contribution in [3.63, 3.8) is 0 Å². The number of carbonyl (C=O) groups is 1. The summed E-state index contributed by atoms with van der Waals surface area (Å²) in [6, 6.07) is 15.5. The zero-order chi connectivity index (χ0) is 18.3. The van der Waals surface area contributed by atoms with Crippen LogP contribution in [0.2, 0.25) is 5.02 Å². The molecule has 0 unspecified atom stereocenters. The van der Waals surface area contributed by atoms with Crippen molar-refractivity contribution < 1.29 is 15.0 Å². The zero-order valence-corrected chi connectivity index (χ0v) is 14.2. The first-order valence-electron chi connectivity index (χ1n) is 7.95. The highest BCUT2D eigenvalue weighted by Gasteiger charge is 2.56. The molecule has 0 spiro atoms. The smallest absolute Gasteiger partial charge is 0.360 e. The van der Waals surface area contributed by atoms with E-state index in [1.54, 1.807) is 48.5 Å². The van der Waals surface area contributed by atoms with E-state index >= 15 is 0 Å². The average molecular weight is 371 g/mol. The number of aliphatic hydroxyl groups is 1. The zero-order valence-electron chi connectivity index (χ0n) is 13.5. The molecule has 0 aliphatic carbocycles. The number of carboxylic acids is 1. The summed E-state index contributed by atoms with van der Waals surface area (Å²) in [4.78, 5) is 16.2. The van der Waals surface area contributed by atoms with Crippen LogP contribution >= 0.6 is 11.6 Å². The molecular formula is C18H15ClN4O3. The highest BCUT2D eigenvalue weighted by atomic mass is 35.5. The Bertz CT molecular complexity index is 945. The number of benzene rings is 2. The number of hydrogen-bond acceptors (Lipinski definition) is 5. The summed E-state index contributed by atoms with van der Waals surface area (Å²) >= 11 is 5.98. The van der Waals surface area contributed by atoms with E-state index in [9.17, 15) is 15.0 Å². The lowest BCUT2D eigenvalue weighted by Gasteiger charge is -2.42. The van der Waals surface area contributed by atoms with Gasteiger partial charge in [-0.3, -0.25) is 0 Å². The van der Waals surface area contributed by atoms with E-state index in [-0.39, 0.29) is 5.95 Å². The van der Waals surface area contributed by atoms with Gasteiger partial charge in [0.25, 0.3) is 5.72 Å². The fourth-order valence-electron chi connectivity index (χ4n) is 3.43. The van der Waals surface area contributed by atoms with Crippen LogP contribution in [0.1, 0.15) is 23.1 Å². The van der Waals surface area contributed by atoms with Crippen molar-refractivity contribution in [1.82, 2.24) is 14.8 Å². The number of anilines is 1. The third kappa shape index (κ3) is 2.44. The summed E-state index contributed by atoms with van der Waals surface area (Å²) < 4.78 is 1.01. The number of aliphatic carboxylic acids is 1. The lowest BCUT2D eigenvalue weighted by molar-refractivity contribution is -0.179. The van der Waals surface area contributed by atoms with Gasteiger partial charge in [0.2, 0.25) is 5.95 Å². The molecule has 3 aromatic rings. The van der Waals surface area contributed by atoms with Crippen LogP contribution < -0.4 is 5.32 Å². The molecule has 0 saturated heterocycles. The minimum Gasteiger partial charge on any atom is -0.478 e. The first-order chi connectivity index (χ1) is 12.5. The molecule has 0 bridgehead atoms. The monoisotopic (exact) mass is 370 g/mol. The second kappa shape index (κ2) is 6.12. The molecule has 4 rings (SSSR count). The molecule has 0 fully saturated rings. The molecule has 7 nitrogen and oxygen atoms in total. The number of rotatable bonds is 3. The normalized spacial score (nSPS) is 24.5. The fourth-order valence-corrected chi connectivity index (χ4v) is 3.56. The van der Waals surface area contributed by atoms with Gasteiger partial charge in [-0.1, -0.05) is 54.1 Å². The SMILES string of the molecule is O=C(O)[C@]1(O)[C@@H](c2ccccc2)[C@H](c2ccc(Cl)cc2)Nc2ncnn21. The van der Waals surface area contributed by atoms with Gasteiger partial charge in [0.15, 0.2) is 0 Å². The van der Waals surface area contributed by atoms with Gasteiger partial charge >= 0.3 is 5.97 Å². The Labute approximate surface area is 153 Å². The van der Waals surface area contributed by atoms with Crippen LogP contribution in [0.5, 0.6) is 0 Å². The average Bonchev–Trinajstić information content (AvgIpc) is 3.12. The number of carboxylic acid groups (broad SMARTS) is 1. The number of nitrogens with one attached hydrogen (secondary N) is 1. The van der Waals surface area contributed by atoms with Gasteiger partial charge in [0.05, 0.1) is 12.0 Å². The minimum atomic E-state index is -2.30. The largest absolute Gasteiger partial charge is 0.478 e. The molecule has 0 amide bonds. The third-order valence-corrected chi connectivity index (χ3v) is 4.88. The molecule has 1 aromatic heterocycles. The van der Waals surface area contributed by atoms with E-state index in [1.807, 2.05) is 6.07 Å². The Balaban J connectivity index is 1.95. The molecule has 3 atom stereocenters. The van der Waals surface area contributed by atoms with Gasteiger partial charge in [-0.25, -0.2) is 4.79 Å². The van der Waals surface area contributed by atoms with E-state index in [2.05, 4.69) is 15.4 Å². The maximum atomic E-state index is 12.2. The van der Waals surface area contributed by atoms with Crippen molar-refractivity contribution in [2.45, 2.75) is 17.7 Å². The molecule has 2 aromatic carbocycles. The molecule has 26 heavy (non-hydrogen) atoms. The van der Waals surface area contributed by atoms with Crippen LogP contribution in [0.15, 0.2) is 60.9 Å². The molecule has 0 radical (unpaired) electrons. The predicted molar refractivity (Wildman–Crippen MR) is 94.8 cm³/mol. The van der Waals surface area contributed by atoms with Gasteiger partial charge < -0.3 is 15.5 Å². The lowest BCUT2D eigenvalue weighted by Crippen LogP contribution is -2.54. The highest BCUT2D eigenvalue weighted by Crippen LogP contribution is 2.47. The van der Waals surface area contributed by atoms with Gasteiger partial charge in [0, 0.05) is 5.02 Å². The van der Waals surface area contributed by atoms with Crippen molar-refractivity contribution in [2.24, 2.45) is 0 Å². The maximum absolute atomic E-state index is 12.2. The predicted octanol–water partition coefficient (Wildman–Crippen LogP) is 2.61. The number of hydrogen-bond donors (Lipinski definition) is 3. The Morgan fingerprint density at radius 3 is 2.46 bits per heavy atom. The number of aromatic nitrogens is 3. The van der Waals surface area contributed by atoms with Crippen molar-refractivity contribution in [3.05, 3.63) is 77.1 Å². The Hall–Kier alpha value is -2.90. The molecule has 2 heterocycles. The summed E-state index contributed by atoms with van der Waals surface area (Å²) in [5, 5.41) is 28.9. The van der Waals surface area contributed by atoms with Crippen LogP contribution in [0.25, 0.3) is 0 Å². The first-order valence-corrected chi connectivity index (χ1v) is 8.33. The summed E-state index contributed by atoms with van der Waals surface area (Å²) in [7, 11) is 0. The molecule has 1 aliphatic rings. The Kier molecular flexibility index (Phi) is 3.90. The lowest BCUT2D eigenvalue weighted by atomic mass is 9.78. The van der Waals surface area contributed by atoms with Crippen LogP contribution in [-0.2, 0) is 10.5 Å². The molecule has 3 N–H and O–H groups in total. The molecule has 132 valence electrons. The van der Waals surface area contributed by atoms with Gasteiger partial charge in [-0.2, -0.15) is 14.8 Å². The number of nitrogens with zero attached hydrogens (tertiary/aromatic N) is 3. The van der Waals surface area contributed by atoms with Gasteiger partial charge in [-0.05, 0) is 23.3 Å². The van der Waals surface area contributed by atoms with Crippen LogP contribution in [-0.4, -0.2) is 30.9 Å². The second-order valence-electron chi connectivity index (χ2n) is 6.09. The minimum absolute atomic E-state index is 0.182. The van der Waals surface area contributed by atoms with Gasteiger partial charge in [-0.15, -0.1) is 0 Å². The number of halogens is 1. The van der Waals surface area contributed by atoms with Crippen molar-refractivity contribution in [1.29, 1.82) is 0 Å². The molecule has 8 heteroatoms. The summed E-state index contributed by atoms with van der Waals surface area (Å²) in [5.74, 6) is -2.07. The van der Waals surface area contributed by atoms with Gasteiger partial charge in [0.1, 0.15) is 6.33 Å². The quantitative estimate of drug-likeness (QED) is 0.655. The number of fused-ring (bicyclic) bond motifs is 1. The first kappa shape index (κ1) is 16.6. The Morgan fingerprint density at radius 1 is 1.12 bits per heavy atom. The van der Waals surface area contributed by atoms with Crippen molar-refractivity contribution >= 4 is 23.5 Å². The third-order valence-electron chi connectivity index (χ3n) is 4.62. The maximum Gasteiger partial charge on any atom is 0.360 e. The summed E-state index contributed by atoms with van der Waals surface area (Å²) in [6.45, 7) is 0.